The lowest BCUT2D eigenvalue weighted by molar-refractivity contribution is -0.137. The number of ether oxygens (including phenoxy) is 1. The number of hydrogen-bond acceptors (Lipinski definition) is 5. The third-order valence-electron chi connectivity index (χ3n) is 8.98. The molecule has 0 atom stereocenters. The Morgan fingerprint density at radius 1 is 0.854 bits per heavy atom. The van der Waals surface area contributed by atoms with Gasteiger partial charge < -0.3 is 19.1 Å². The number of para-hydroxylation sites is 2. The van der Waals surface area contributed by atoms with E-state index in [1.54, 1.807) is 7.11 Å². The first-order chi connectivity index (χ1) is 20.0. The second-order valence-corrected chi connectivity index (χ2v) is 11.6. The highest BCUT2D eigenvalue weighted by Gasteiger charge is 2.31. The van der Waals surface area contributed by atoms with Crippen molar-refractivity contribution in [3.05, 3.63) is 89.2 Å². The molecule has 0 aliphatic carbocycles. The van der Waals surface area contributed by atoms with Crippen LogP contribution in [-0.4, -0.2) is 71.6 Å². The molecule has 0 radical (unpaired) electrons. The van der Waals surface area contributed by atoms with Crippen LogP contribution in [0.25, 0.3) is 11.0 Å². The summed E-state index contributed by atoms with van der Waals surface area (Å²) in [6.07, 6.45) is 1.82. The van der Waals surface area contributed by atoms with Crippen molar-refractivity contribution in [3.8, 4) is 5.75 Å². The van der Waals surface area contributed by atoms with Crippen molar-refractivity contribution >= 4 is 22.6 Å². The number of nitrogens with zero attached hydrogens (tertiary/aromatic N) is 5. The summed E-state index contributed by atoms with van der Waals surface area (Å²) in [5.41, 5.74) is 7.32. The van der Waals surface area contributed by atoms with Gasteiger partial charge in [-0.2, -0.15) is 0 Å². The lowest BCUT2D eigenvalue weighted by Gasteiger charge is -2.39. The quantitative estimate of drug-likeness (QED) is 0.313. The summed E-state index contributed by atoms with van der Waals surface area (Å²) in [7, 11) is 1.69. The molecule has 2 fully saturated rings. The van der Waals surface area contributed by atoms with E-state index in [4.69, 9.17) is 9.72 Å². The molecule has 2 aliphatic heterocycles. The Bertz CT molecular complexity index is 1500. The standard InChI is InChI=1S/C34H41N5O2/c1-25-8-11-29(22-26(25)2)37-18-20-38(21-19-37)34(40)28-14-16-36(17-15-28)24-33-35-31-6-4-5-7-32(31)39(33)23-27-9-12-30(41-3)13-10-27/h4-13,22,28H,14-21,23-24H2,1-3H3. The molecule has 2 aliphatic rings. The van der Waals surface area contributed by atoms with E-state index in [2.05, 4.69) is 87.7 Å². The van der Waals surface area contributed by atoms with Gasteiger partial charge >= 0.3 is 0 Å². The van der Waals surface area contributed by atoms with Crippen LogP contribution < -0.4 is 9.64 Å². The van der Waals surface area contributed by atoms with Gasteiger partial charge in [-0.15, -0.1) is 0 Å². The number of methoxy groups -OCH3 is 1. The van der Waals surface area contributed by atoms with Crippen LogP contribution in [0.15, 0.2) is 66.7 Å². The molecule has 0 bridgehead atoms. The fourth-order valence-electron chi connectivity index (χ4n) is 6.24. The fraction of sp³-hybridized carbons (Fsp3) is 0.412. The van der Waals surface area contributed by atoms with E-state index in [-0.39, 0.29) is 5.92 Å². The molecule has 0 N–H and O–H groups in total. The van der Waals surface area contributed by atoms with Crippen molar-refractivity contribution in [2.45, 2.75) is 39.8 Å². The first-order valence-electron chi connectivity index (χ1n) is 14.9. The number of imidazole rings is 1. The number of aromatic nitrogens is 2. The zero-order valence-corrected chi connectivity index (χ0v) is 24.6. The van der Waals surface area contributed by atoms with Gasteiger partial charge in [-0.05, 0) is 92.9 Å². The minimum absolute atomic E-state index is 0.123. The van der Waals surface area contributed by atoms with Crippen LogP contribution in [0.2, 0.25) is 0 Å². The Labute approximate surface area is 243 Å². The van der Waals surface area contributed by atoms with Crippen molar-refractivity contribution in [2.75, 3.05) is 51.3 Å². The number of benzene rings is 3. The minimum Gasteiger partial charge on any atom is -0.497 e. The molecule has 7 heteroatoms. The average molecular weight is 552 g/mol. The fourth-order valence-corrected chi connectivity index (χ4v) is 6.24. The second-order valence-electron chi connectivity index (χ2n) is 11.6. The molecule has 0 unspecified atom stereocenters. The summed E-state index contributed by atoms with van der Waals surface area (Å²) in [5.74, 6) is 2.41. The Balaban J connectivity index is 1.06. The van der Waals surface area contributed by atoms with Crippen molar-refractivity contribution in [2.24, 2.45) is 5.92 Å². The maximum atomic E-state index is 13.4. The molecule has 0 saturated carbocycles. The van der Waals surface area contributed by atoms with E-state index in [0.717, 1.165) is 87.8 Å². The van der Waals surface area contributed by atoms with E-state index in [1.807, 2.05) is 12.1 Å². The highest BCUT2D eigenvalue weighted by Crippen LogP contribution is 2.26. The highest BCUT2D eigenvalue weighted by atomic mass is 16.5. The Hall–Kier alpha value is -3.84. The molecule has 0 spiro atoms. The number of carbonyl (C=O) groups excluding carboxylic acids is 1. The number of likely N-dealkylation sites (tertiary alicyclic amines) is 1. The molecule has 3 aromatic carbocycles. The number of fused-ring (bicyclic) bond motifs is 1. The summed E-state index contributed by atoms with van der Waals surface area (Å²) in [6.45, 7) is 11.1. The van der Waals surface area contributed by atoms with Crippen LogP contribution in [0.1, 0.15) is 35.4 Å². The normalized spacial score (nSPS) is 16.9. The van der Waals surface area contributed by atoms with E-state index < -0.39 is 0 Å². The first-order valence-corrected chi connectivity index (χ1v) is 14.9. The van der Waals surface area contributed by atoms with Crippen LogP contribution in [0.3, 0.4) is 0 Å². The van der Waals surface area contributed by atoms with Crippen molar-refractivity contribution in [1.29, 1.82) is 0 Å². The number of hydrogen-bond donors (Lipinski definition) is 0. The second kappa shape index (κ2) is 12.0. The van der Waals surface area contributed by atoms with E-state index in [9.17, 15) is 4.79 Å². The van der Waals surface area contributed by atoms with Crippen LogP contribution >= 0.6 is 0 Å². The summed E-state index contributed by atoms with van der Waals surface area (Å²) in [5, 5.41) is 0. The summed E-state index contributed by atoms with van der Waals surface area (Å²) >= 11 is 0. The number of carbonyl (C=O) groups is 1. The van der Waals surface area contributed by atoms with Crippen molar-refractivity contribution < 1.29 is 9.53 Å². The van der Waals surface area contributed by atoms with Gasteiger partial charge in [-0.3, -0.25) is 9.69 Å². The predicted octanol–water partition coefficient (Wildman–Crippen LogP) is 5.27. The summed E-state index contributed by atoms with van der Waals surface area (Å²) in [6, 6.07) is 23.3. The predicted molar refractivity (Wildman–Crippen MR) is 165 cm³/mol. The molecular weight excluding hydrogens is 510 g/mol. The molecule has 4 aromatic rings. The topological polar surface area (TPSA) is 53.8 Å². The zero-order chi connectivity index (χ0) is 28.3. The number of anilines is 1. The molecule has 3 heterocycles. The third kappa shape index (κ3) is 5.96. The summed E-state index contributed by atoms with van der Waals surface area (Å²) < 4.78 is 7.68. The lowest BCUT2D eigenvalue weighted by Crippen LogP contribution is -2.51. The van der Waals surface area contributed by atoms with Crippen LogP contribution in [0.5, 0.6) is 5.75 Å². The summed E-state index contributed by atoms with van der Waals surface area (Å²) in [4.78, 5) is 25.4. The van der Waals surface area contributed by atoms with Gasteiger partial charge in [0, 0.05) is 44.3 Å². The maximum absolute atomic E-state index is 13.4. The monoisotopic (exact) mass is 551 g/mol. The van der Waals surface area contributed by atoms with Gasteiger partial charge in [0.15, 0.2) is 0 Å². The Morgan fingerprint density at radius 3 is 2.29 bits per heavy atom. The SMILES string of the molecule is COc1ccc(Cn2c(CN3CCC(C(=O)N4CCN(c5ccc(C)c(C)c5)CC4)CC3)nc3ccccc32)cc1. The minimum atomic E-state index is 0.123. The molecular formula is C34H41N5O2. The number of aryl methyl sites for hydroxylation is 2. The smallest absolute Gasteiger partial charge is 0.225 e. The van der Waals surface area contributed by atoms with Gasteiger partial charge in [0.1, 0.15) is 11.6 Å². The Morgan fingerprint density at radius 2 is 1.59 bits per heavy atom. The maximum Gasteiger partial charge on any atom is 0.225 e. The van der Waals surface area contributed by atoms with Crippen LogP contribution in [0.4, 0.5) is 5.69 Å². The van der Waals surface area contributed by atoms with Crippen molar-refractivity contribution in [1.82, 2.24) is 19.4 Å². The number of piperazine rings is 1. The van der Waals surface area contributed by atoms with Gasteiger partial charge in [-0.1, -0.05) is 30.3 Å². The van der Waals surface area contributed by atoms with Crippen LogP contribution in [-0.2, 0) is 17.9 Å². The van der Waals surface area contributed by atoms with E-state index in [1.165, 1.54) is 22.4 Å². The number of amides is 1. The number of piperidine rings is 1. The molecule has 2 saturated heterocycles. The van der Waals surface area contributed by atoms with E-state index >= 15 is 0 Å². The van der Waals surface area contributed by atoms with Gasteiger partial charge in [-0.25, -0.2) is 4.98 Å². The number of rotatable bonds is 7. The Kier molecular flexibility index (Phi) is 7.97. The van der Waals surface area contributed by atoms with Gasteiger partial charge in [0.05, 0.1) is 24.7 Å². The molecule has 7 nitrogen and oxygen atoms in total. The zero-order valence-electron chi connectivity index (χ0n) is 24.6. The molecule has 6 rings (SSSR count). The highest BCUT2D eigenvalue weighted by molar-refractivity contribution is 5.79. The van der Waals surface area contributed by atoms with Gasteiger partial charge in [0.25, 0.3) is 0 Å². The van der Waals surface area contributed by atoms with Gasteiger partial charge in [0.2, 0.25) is 5.91 Å². The lowest BCUT2D eigenvalue weighted by atomic mass is 9.95. The molecule has 41 heavy (non-hydrogen) atoms. The van der Waals surface area contributed by atoms with E-state index in [0.29, 0.717) is 5.91 Å². The average Bonchev–Trinajstić information content (AvgIpc) is 3.35. The van der Waals surface area contributed by atoms with Crippen molar-refractivity contribution in [3.63, 3.8) is 0 Å². The molecule has 214 valence electrons. The largest absolute Gasteiger partial charge is 0.497 e. The third-order valence-corrected chi connectivity index (χ3v) is 8.98. The molecule has 1 amide bonds. The first kappa shape index (κ1) is 27.3. The molecule has 1 aromatic heterocycles. The van der Waals surface area contributed by atoms with Crippen LogP contribution in [0, 0.1) is 19.8 Å².